The second-order valence-corrected chi connectivity index (χ2v) is 4.50. The van der Waals surface area contributed by atoms with E-state index in [-0.39, 0.29) is 5.97 Å². The minimum atomic E-state index is -0.149. The first-order valence-corrected chi connectivity index (χ1v) is 6.67. The molecule has 0 fully saturated rings. The molecule has 0 bridgehead atoms. The van der Waals surface area contributed by atoms with Gasteiger partial charge in [-0.3, -0.25) is 14.5 Å². The number of esters is 1. The molecule has 2 rings (SSSR count). The summed E-state index contributed by atoms with van der Waals surface area (Å²) in [6.45, 7) is 0.800. The van der Waals surface area contributed by atoms with Crippen LogP contribution in [0.25, 0.3) is 11.3 Å². The van der Waals surface area contributed by atoms with Crippen LogP contribution in [0.4, 0.5) is 0 Å². The van der Waals surface area contributed by atoms with Gasteiger partial charge in [0, 0.05) is 30.9 Å². The highest BCUT2D eigenvalue weighted by atomic mass is 16.5. The quantitative estimate of drug-likeness (QED) is 0.571. The Labute approximate surface area is 117 Å². The number of hydrogen-bond donors (Lipinski definition) is 0. The molecular formula is C14H18N4O2. The van der Waals surface area contributed by atoms with Crippen molar-refractivity contribution in [3.63, 3.8) is 0 Å². The third-order valence-corrected chi connectivity index (χ3v) is 2.99. The molecule has 106 valence electrons. The molecule has 0 saturated carbocycles. The molecule has 0 aromatic carbocycles. The number of carbonyl (C=O) groups excluding carboxylic acids is 1. The van der Waals surface area contributed by atoms with Crippen LogP contribution in [0.5, 0.6) is 0 Å². The smallest absolute Gasteiger partial charge is 0.305 e. The normalized spacial score (nSPS) is 10.4. The van der Waals surface area contributed by atoms with Crippen LogP contribution in [0.15, 0.2) is 30.7 Å². The molecule has 0 aliphatic rings. The first-order valence-electron chi connectivity index (χ1n) is 6.67. The number of aryl methyl sites for hydroxylation is 1. The van der Waals surface area contributed by atoms with Crippen molar-refractivity contribution < 1.29 is 9.53 Å². The predicted molar refractivity (Wildman–Crippen MR) is 73.7 cm³/mol. The van der Waals surface area contributed by atoms with Gasteiger partial charge in [0.25, 0.3) is 0 Å². The van der Waals surface area contributed by atoms with Crippen molar-refractivity contribution in [3.05, 3.63) is 30.7 Å². The molecule has 0 atom stereocenters. The van der Waals surface area contributed by atoms with Crippen LogP contribution in [-0.2, 0) is 16.1 Å². The van der Waals surface area contributed by atoms with Gasteiger partial charge in [0.05, 0.1) is 13.3 Å². The number of ether oxygens (including phenoxy) is 1. The van der Waals surface area contributed by atoms with E-state index >= 15 is 0 Å². The van der Waals surface area contributed by atoms with E-state index in [0.717, 1.165) is 37.1 Å². The van der Waals surface area contributed by atoms with E-state index in [1.165, 1.54) is 7.11 Å². The van der Waals surface area contributed by atoms with Gasteiger partial charge in [-0.15, -0.1) is 5.10 Å². The Bertz CT molecular complexity index is 539. The van der Waals surface area contributed by atoms with Crippen LogP contribution >= 0.6 is 0 Å². The largest absolute Gasteiger partial charge is 0.469 e. The highest BCUT2D eigenvalue weighted by Crippen LogP contribution is 2.14. The summed E-state index contributed by atoms with van der Waals surface area (Å²) in [6.07, 6.45) is 8.67. The molecule has 0 N–H and O–H groups in total. The van der Waals surface area contributed by atoms with Crippen molar-refractivity contribution >= 4 is 5.97 Å². The maximum Gasteiger partial charge on any atom is 0.305 e. The fourth-order valence-corrected chi connectivity index (χ4v) is 1.88. The molecule has 0 aliphatic carbocycles. The number of hydrogen-bond acceptors (Lipinski definition) is 5. The number of methoxy groups -OCH3 is 1. The maximum absolute atomic E-state index is 10.9. The summed E-state index contributed by atoms with van der Waals surface area (Å²) >= 11 is 0. The Morgan fingerprint density at radius 1 is 1.35 bits per heavy atom. The van der Waals surface area contributed by atoms with E-state index in [1.807, 2.05) is 23.0 Å². The summed E-state index contributed by atoms with van der Waals surface area (Å²) in [7, 11) is 1.41. The Morgan fingerprint density at radius 3 is 3.00 bits per heavy atom. The lowest BCUT2D eigenvalue weighted by atomic mass is 10.2. The molecule has 0 radical (unpaired) electrons. The summed E-state index contributed by atoms with van der Waals surface area (Å²) < 4.78 is 6.41. The van der Waals surface area contributed by atoms with E-state index in [0.29, 0.717) is 6.42 Å². The molecule has 0 saturated heterocycles. The zero-order chi connectivity index (χ0) is 14.2. The van der Waals surface area contributed by atoms with E-state index in [4.69, 9.17) is 0 Å². The van der Waals surface area contributed by atoms with Gasteiger partial charge in [0.15, 0.2) is 0 Å². The fourth-order valence-electron chi connectivity index (χ4n) is 1.88. The van der Waals surface area contributed by atoms with Gasteiger partial charge < -0.3 is 4.74 Å². The minimum absolute atomic E-state index is 0.149. The molecule has 6 heteroatoms. The van der Waals surface area contributed by atoms with Crippen LogP contribution in [0.3, 0.4) is 0 Å². The zero-order valence-corrected chi connectivity index (χ0v) is 11.5. The highest BCUT2D eigenvalue weighted by Gasteiger charge is 2.04. The van der Waals surface area contributed by atoms with E-state index in [2.05, 4.69) is 20.0 Å². The molecule has 0 spiro atoms. The van der Waals surface area contributed by atoms with Crippen molar-refractivity contribution in [3.8, 4) is 11.3 Å². The van der Waals surface area contributed by atoms with Gasteiger partial charge in [-0.05, 0) is 25.0 Å². The molecule has 2 heterocycles. The topological polar surface area (TPSA) is 69.9 Å². The number of unbranched alkanes of at least 4 members (excludes halogenated alkanes) is 2. The zero-order valence-electron chi connectivity index (χ0n) is 11.5. The van der Waals surface area contributed by atoms with E-state index in [9.17, 15) is 4.79 Å². The molecular weight excluding hydrogens is 256 g/mol. The van der Waals surface area contributed by atoms with Gasteiger partial charge >= 0.3 is 5.97 Å². The maximum atomic E-state index is 10.9. The van der Waals surface area contributed by atoms with Crippen LogP contribution < -0.4 is 0 Å². The molecule has 20 heavy (non-hydrogen) atoms. The average molecular weight is 274 g/mol. The second kappa shape index (κ2) is 7.37. The third-order valence-electron chi connectivity index (χ3n) is 2.99. The van der Waals surface area contributed by atoms with E-state index < -0.39 is 0 Å². The predicted octanol–water partition coefficient (Wildman–Crippen LogP) is 2.07. The SMILES string of the molecule is COC(=O)CCCCCn1cc(-c2cccnc2)nn1. The lowest BCUT2D eigenvalue weighted by Crippen LogP contribution is -2.01. The van der Waals surface area contributed by atoms with Gasteiger partial charge in [0.1, 0.15) is 5.69 Å². The molecule has 0 unspecified atom stereocenters. The number of aromatic nitrogens is 4. The van der Waals surface area contributed by atoms with Crippen molar-refractivity contribution in [2.75, 3.05) is 7.11 Å². The number of pyridine rings is 1. The van der Waals surface area contributed by atoms with Gasteiger partial charge in [-0.25, -0.2) is 0 Å². The van der Waals surface area contributed by atoms with Gasteiger partial charge in [-0.2, -0.15) is 0 Å². The van der Waals surface area contributed by atoms with Crippen LogP contribution in [0, 0.1) is 0 Å². The van der Waals surface area contributed by atoms with Crippen LogP contribution in [-0.4, -0.2) is 33.1 Å². The Morgan fingerprint density at radius 2 is 2.25 bits per heavy atom. The molecule has 2 aromatic rings. The van der Waals surface area contributed by atoms with Crippen molar-refractivity contribution in [1.82, 2.24) is 20.0 Å². The first kappa shape index (κ1) is 14.2. The molecule has 0 amide bonds. The van der Waals surface area contributed by atoms with E-state index in [1.54, 1.807) is 12.4 Å². The molecule has 2 aromatic heterocycles. The Balaban J connectivity index is 1.75. The molecule has 0 aliphatic heterocycles. The van der Waals surface area contributed by atoms with Crippen molar-refractivity contribution in [2.24, 2.45) is 0 Å². The molecule has 6 nitrogen and oxygen atoms in total. The Hall–Kier alpha value is -2.24. The second-order valence-electron chi connectivity index (χ2n) is 4.50. The fraction of sp³-hybridized carbons (Fsp3) is 0.429. The number of carbonyl (C=O) groups is 1. The number of rotatable bonds is 7. The highest BCUT2D eigenvalue weighted by molar-refractivity contribution is 5.68. The lowest BCUT2D eigenvalue weighted by molar-refractivity contribution is -0.140. The van der Waals surface area contributed by atoms with Gasteiger partial charge in [-0.1, -0.05) is 11.6 Å². The van der Waals surface area contributed by atoms with Crippen LogP contribution in [0.2, 0.25) is 0 Å². The summed E-state index contributed by atoms with van der Waals surface area (Å²) in [5, 5.41) is 8.21. The average Bonchev–Trinajstić information content (AvgIpc) is 2.96. The minimum Gasteiger partial charge on any atom is -0.469 e. The third kappa shape index (κ3) is 4.15. The van der Waals surface area contributed by atoms with Crippen molar-refractivity contribution in [1.29, 1.82) is 0 Å². The van der Waals surface area contributed by atoms with Crippen molar-refractivity contribution in [2.45, 2.75) is 32.2 Å². The Kier molecular flexibility index (Phi) is 5.23. The lowest BCUT2D eigenvalue weighted by Gasteiger charge is -2.00. The summed E-state index contributed by atoms with van der Waals surface area (Å²) in [4.78, 5) is 15.0. The standard InChI is InChI=1S/C14H18N4O2/c1-20-14(19)7-3-2-4-9-18-11-13(16-17-18)12-6-5-8-15-10-12/h5-6,8,10-11H,2-4,7,9H2,1H3. The van der Waals surface area contributed by atoms with Crippen LogP contribution in [0.1, 0.15) is 25.7 Å². The first-order chi connectivity index (χ1) is 9.79. The van der Waals surface area contributed by atoms with Gasteiger partial charge in [0.2, 0.25) is 0 Å². The summed E-state index contributed by atoms with van der Waals surface area (Å²) in [5.41, 5.74) is 1.79. The number of nitrogens with zero attached hydrogens (tertiary/aromatic N) is 4. The monoisotopic (exact) mass is 274 g/mol. The summed E-state index contributed by atoms with van der Waals surface area (Å²) in [6, 6.07) is 3.83. The summed E-state index contributed by atoms with van der Waals surface area (Å²) in [5.74, 6) is -0.149.